The third-order valence-electron chi connectivity index (χ3n) is 4.04. The Morgan fingerprint density at radius 2 is 1.77 bits per heavy atom. The molecule has 2 unspecified atom stereocenters. The number of carbonyl (C=O) groups is 1. The van der Waals surface area contributed by atoms with Gasteiger partial charge in [-0.1, -0.05) is 42.5 Å². The monoisotopic (exact) mass is 411 g/mol. The molecule has 1 amide bonds. The predicted molar refractivity (Wildman–Crippen MR) is 113 cm³/mol. The zero-order valence-electron chi connectivity index (χ0n) is 14.6. The Labute approximate surface area is 170 Å². The summed E-state index contributed by atoms with van der Waals surface area (Å²) in [6.45, 7) is 3.72. The van der Waals surface area contributed by atoms with Crippen molar-refractivity contribution in [2.75, 3.05) is 0 Å². The first-order valence-electron chi connectivity index (χ1n) is 7.96. The predicted octanol–water partition coefficient (Wildman–Crippen LogP) is 4.06. The van der Waals surface area contributed by atoms with E-state index in [1.54, 1.807) is 18.3 Å². The smallest absolute Gasteiger partial charge is 0.244 e. The van der Waals surface area contributed by atoms with Crippen LogP contribution in [0.25, 0.3) is 10.2 Å². The van der Waals surface area contributed by atoms with Gasteiger partial charge in [-0.25, -0.2) is 4.98 Å². The highest BCUT2D eigenvalue weighted by Gasteiger charge is 2.31. The molecule has 0 bridgehead atoms. The molecule has 4 nitrogen and oxygen atoms in total. The maximum atomic E-state index is 12.6. The minimum Gasteiger partial charge on any atom is -0.351 e. The standard InChI is InChI=1S/C19H21N3OS.2ClH/c1-13(12-17-22-15-10-6-7-11-16(15)24-17)21-18(23)19(2,20)14-8-4-3-5-9-14;;/h3-11,13H,12,20H2,1-2H3,(H,21,23);2*1H. The van der Waals surface area contributed by atoms with Gasteiger partial charge in [0.15, 0.2) is 0 Å². The summed E-state index contributed by atoms with van der Waals surface area (Å²) in [6.07, 6.45) is 0.690. The minimum atomic E-state index is -1.05. The SMILES string of the molecule is CC(Cc1nc2ccccc2s1)NC(=O)C(C)(N)c1ccccc1.Cl.Cl. The topological polar surface area (TPSA) is 68.0 Å². The largest absolute Gasteiger partial charge is 0.351 e. The van der Waals surface area contributed by atoms with Crippen molar-refractivity contribution in [3.05, 3.63) is 65.2 Å². The van der Waals surface area contributed by atoms with Crippen LogP contribution in [0.15, 0.2) is 54.6 Å². The average molecular weight is 412 g/mol. The summed E-state index contributed by atoms with van der Waals surface area (Å²) in [7, 11) is 0. The summed E-state index contributed by atoms with van der Waals surface area (Å²) in [4.78, 5) is 17.2. The van der Waals surface area contributed by atoms with Gasteiger partial charge in [0.2, 0.25) is 5.91 Å². The summed E-state index contributed by atoms with van der Waals surface area (Å²) in [5.41, 5.74) is 7.01. The van der Waals surface area contributed by atoms with E-state index in [2.05, 4.69) is 16.4 Å². The van der Waals surface area contributed by atoms with Crippen molar-refractivity contribution in [3.63, 3.8) is 0 Å². The number of carbonyl (C=O) groups excluding carboxylic acids is 1. The fourth-order valence-electron chi connectivity index (χ4n) is 2.61. The van der Waals surface area contributed by atoms with Crippen LogP contribution in [0.1, 0.15) is 24.4 Å². The molecule has 1 aromatic heterocycles. The zero-order valence-corrected chi connectivity index (χ0v) is 17.1. The molecule has 140 valence electrons. The molecule has 0 saturated carbocycles. The van der Waals surface area contributed by atoms with E-state index >= 15 is 0 Å². The molecule has 0 aliphatic carbocycles. The van der Waals surface area contributed by atoms with Crippen LogP contribution < -0.4 is 11.1 Å². The normalized spacial score (nSPS) is 13.8. The van der Waals surface area contributed by atoms with Gasteiger partial charge in [0, 0.05) is 12.5 Å². The second kappa shape index (κ2) is 9.33. The Hall–Kier alpha value is -1.66. The molecule has 7 heteroatoms. The van der Waals surface area contributed by atoms with Gasteiger partial charge in [0.25, 0.3) is 0 Å². The van der Waals surface area contributed by atoms with Gasteiger partial charge < -0.3 is 11.1 Å². The van der Waals surface area contributed by atoms with Crippen LogP contribution in [0.3, 0.4) is 0 Å². The highest BCUT2D eigenvalue weighted by Crippen LogP contribution is 2.23. The maximum absolute atomic E-state index is 12.6. The Bertz CT molecular complexity index is 819. The van der Waals surface area contributed by atoms with Gasteiger partial charge >= 0.3 is 0 Å². The molecule has 3 aromatic rings. The molecule has 0 aliphatic rings. The molecule has 0 spiro atoms. The number of amides is 1. The van der Waals surface area contributed by atoms with Crippen LogP contribution in [-0.4, -0.2) is 16.9 Å². The molecule has 1 heterocycles. The minimum absolute atomic E-state index is 0. The number of hydrogen-bond donors (Lipinski definition) is 2. The van der Waals surface area contributed by atoms with E-state index in [1.807, 2.05) is 55.5 Å². The number of benzene rings is 2. The van der Waals surface area contributed by atoms with Gasteiger partial charge in [0.1, 0.15) is 5.54 Å². The number of aromatic nitrogens is 1. The molecule has 3 N–H and O–H groups in total. The lowest BCUT2D eigenvalue weighted by molar-refractivity contribution is -0.126. The van der Waals surface area contributed by atoms with E-state index in [0.717, 1.165) is 16.1 Å². The zero-order chi connectivity index (χ0) is 17.2. The Kier molecular flexibility index (Phi) is 8.03. The average Bonchev–Trinajstić information content (AvgIpc) is 2.97. The van der Waals surface area contributed by atoms with Crippen LogP contribution >= 0.6 is 36.2 Å². The summed E-state index contributed by atoms with van der Waals surface area (Å²) >= 11 is 1.66. The van der Waals surface area contributed by atoms with Crippen LogP contribution in [0.5, 0.6) is 0 Å². The quantitative estimate of drug-likeness (QED) is 0.664. The number of nitrogens with zero attached hydrogens (tertiary/aromatic N) is 1. The van der Waals surface area contributed by atoms with Crippen molar-refractivity contribution in [2.24, 2.45) is 5.73 Å². The molecule has 3 rings (SSSR count). The van der Waals surface area contributed by atoms with E-state index in [0.29, 0.717) is 6.42 Å². The molecule has 2 aromatic carbocycles. The summed E-state index contributed by atoms with van der Waals surface area (Å²) < 4.78 is 1.17. The van der Waals surface area contributed by atoms with Crippen LogP contribution in [-0.2, 0) is 16.8 Å². The third-order valence-corrected chi connectivity index (χ3v) is 5.10. The van der Waals surface area contributed by atoms with E-state index in [9.17, 15) is 4.79 Å². The van der Waals surface area contributed by atoms with Gasteiger partial charge in [0.05, 0.1) is 15.2 Å². The molecule has 0 saturated heterocycles. The number of nitrogens with one attached hydrogen (secondary N) is 1. The number of rotatable bonds is 5. The first kappa shape index (κ1) is 22.4. The lowest BCUT2D eigenvalue weighted by atomic mass is 9.92. The number of halogens is 2. The Morgan fingerprint density at radius 1 is 1.15 bits per heavy atom. The molecule has 26 heavy (non-hydrogen) atoms. The number of nitrogens with two attached hydrogens (primary N) is 1. The summed E-state index contributed by atoms with van der Waals surface area (Å²) in [5.74, 6) is -0.178. The summed E-state index contributed by atoms with van der Waals surface area (Å²) in [5, 5.41) is 4.03. The Morgan fingerprint density at radius 3 is 2.42 bits per heavy atom. The summed E-state index contributed by atoms with van der Waals surface area (Å²) in [6, 6.07) is 17.5. The van der Waals surface area contributed by atoms with Crippen molar-refractivity contribution in [2.45, 2.75) is 31.8 Å². The molecular formula is C19H23Cl2N3OS. The molecule has 0 radical (unpaired) electrons. The molecule has 0 fully saturated rings. The highest BCUT2D eigenvalue weighted by atomic mass is 35.5. The second-order valence-corrected chi connectivity index (χ2v) is 7.34. The van der Waals surface area contributed by atoms with Crippen molar-refractivity contribution < 1.29 is 4.79 Å². The van der Waals surface area contributed by atoms with Gasteiger partial charge in [-0.05, 0) is 31.5 Å². The van der Waals surface area contributed by atoms with Crippen LogP contribution in [0.2, 0.25) is 0 Å². The van der Waals surface area contributed by atoms with Crippen LogP contribution in [0.4, 0.5) is 0 Å². The molecular weight excluding hydrogens is 389 g/mol. The third kappa shape index (κ3) is 4.95. The second-order valence-electron chi connectivity index (χ2n) is 6.22. The number of hydrogen-bond acceptors (Lipinski definition) is 4. The van der Waals surface area contributed by atoms with E-state index in [4.69, 9.17) is 5.73 Å². The highest BCUT2D eigenvalue weighted by molar-refractivity contribution is 7.18. The van der Waals surface area contributed by atoms with Crippen molar-refractivity contribution >= 4 is 52.3 Å². The number of fused-ring (bicyclic) bond motifs is 1. The van der Waals surface area contributed by atoms with Crippen LogP contribution in [0, 0.1) is 0 Å². The van der Waals surface area contributed by atoms with E-state index in [-0.39, 0.29) is 36.8 Å². The first-order chi connectivity index (χ1) is 11.5. The fraction of sp³-hybridized carbons (Fsp3) is 0.263. The van der Waals surface area contributed by atoms with Crippen molar-refractivity contribution in [3.8, 4) is 0 Å². The lowest BCUT2D eigenvalue weighted by Gasteiger charge is -2.26. The number of para-hydroxylation sites is 1. The molecule has 0 aliphatic heterocycles. The van der Waals surface area contributed by atoms with E-state index < -0.39 is 5.54 Å². The first-order valence-corrected chi connectivity index (χ1v) is 8.78. The number of thiazole rings is 1. The van der Waals surface area contributed by atoms with E-state index in [1.165, 1.54) is 4.70 Å². The molecule has 2 atom stereocenters. The van der Waals surface area contributed by atoms with Gasteiger partial charge in [-0.3, -0.25) is 4.79 Å². The maximum Gasteiger partial charge on any atom is 0.244 e. The Balaban J connectivity index is 0.00000169. The van der Waals surface area contributed by atoms with Crippen molar-refractivity contribution in [1.82, 2.24) is 10.3 Å². The fourth-order valence-corrected chi connectivity index (χ4v) is 3.71. The van der Waals surface area contributed by atoms with Gasteiger partial charge in [-0.2, -0.15) is 0 Å². The van der Waals surface area contributed by atoms with Gasteiger partial charge in [-0.15, -0.1) is 36.2 Å². The lowest BCUT2D eigenvalue weighted by Crippen LogP contribution is -2.51. The van der Waals surface area contributed by atoms with Crippen molar-refractivity contribution in [1.29, 1.82) is 0 Å².